The molecule has 0 aromatic carbocycles. The van der Waals surface area contributed by atoms with Gasteiger partial charge in [-0.05, 0) is 30.7 Å². The number of ketones is 1. The number of pyridine rings is 3. The van der Waals surface area contributed by atoms with Crippen molar-refractivity contribution in [3.63, 3.8) is 0 Å². The lowest BCUT2D eigenvalue weighted by Crippen LogP contribution is -2.01. The number of aromatic nitrogens is 4. The first kappa shape index (κ1) is 14.5. The normalized spacial score (nSPS) is 11.2. The van der Waals surface area contributed by atoms with Crippen molar-refractivity contribution in [3.05, 3.63) is 54.2 Å². The third-order valence-electron chi connectivity index (χ3n) is 4.29. The molecular weight excluding hydrogens is 300 g/mol. The van der Waals surface area contributed by atoms with Crippen LogP contribution in [0.15, 0.2) is 43.0 Å². The standard InChI is InChI=1S/C19H16N4O/c1-3-18(24)17-6-11(2)14(9-22-17)16-7-12-8-23-19-13(4-5-20-19)15(12)10-21-16/h4-10,21H,3H2,1-2H3. The van der Waals surface area contributed by atoms with Crippen molar-refractivity contribution in [1.29, 1.82) is 0 Å². The third-order valence-corrected chi connectivity index (χ3v) is 4.29. The van der Waals surface area contributed by atoms with Gasteiger partial charge in [-0.3, -0.25) is 9.78 Å². The van der Waals surface area contributed by atoms with Gasteiger partial charge in [0.1, 0.15) is 5.69 Å². The third kappa shape index (κ3) is 2.25. The SMILES string of the molecule is CCC(=O)c1cc(C)c(-c2cc3cnc4nccc4c3c[nH]2)cn1. The Morgan fingerprint density at radius 3 is 2.79 bits per heavy atom. The van der Waals surface area contributed by atoms with E-state index in [-0.39, 0.29) is 5.78 Å². The van der Waals surface area contributed by atoms with Gasteiger partial charge in [-0.25, -0.2) is 9.97 Å². The van der Waals surface area contributed by atoms with E-state index in [0.717, 1.165) is 38.6 Å². The van der Waals surface area contributed by atoms with Crippen LogP contribution in [-0.2, 0) is 0 Å². The van der Waals surface area contributed by atoms with E-state index >= 15 is 0 Å². The summed E-state index contributed by atoms with van der Waals surface area (Å²) in [5.41, 5.74) is 4.21. The minimum atomic E-state index is 0.0578. The topological polar surface area (TPSA) is 71.5 Å². The van der Waals surface area contributed by atoms with Crippen molar-refractivity contribution in [2.75, 3.05) is 0 Å². The van der Waals surface area contributed by atoms with Crippen molar-refractivity contribution in [2.45, 2.75) is 20.3 Å². The van der Waals surface area contributed by atoms with Gasteiger partial charge < -0.3 is 4.98 Å². The van der Waals surface area contributed by atoms with Gasteiger partial charge >= 0.3 is 0 Å². The van der Waals surface area contributed by atoms with Crippen LogP contribution in [0.4, 0.5) is 0 Å². The van der Waals surface area contributed by atoms with Crippen molar-refractivity contribution < 1.29 is 4.79 Å². The fourth-order valence-electron chi connectivity index (χ4n) is 2.95. The molecule has 0 aliphatic rings. The summed E-state index contributed by atoms with van der Waals surface area (Å²) in [4.78, 5) is 28.1. The molecule has 1 N–H and O–H groups in total. The lowest BCUT2D eigenvalue weighted by atomic mass is 10.0. The molecule has 0 spiro atoms. The van der Waals surface area contributed by atoms with Crippen LogP contribution in [0.5, 0.6) is 0 Å². The molecule has 4 heterocycles. The molecule has 118 valence electrons. The first-order valence-electron chi connectivity index (χ1n) is 7.89. The van der Waals surface area contributed by atoms with Gasteiger partial charge in [-0.15, -0.1) is 0 Å². The summed E-state index contributed by atoms with van der Waals surface area (Å²) in [6.07, 6.45) is 7.79. The molecule has 24 heavy (non-hydrogen) atoms. The number of hydrogen-bond donors (Lipinski definition) is 1. The van der Waals surface area contributed by atoms with E-state index in [1.807, 2.05) is 38.4 Å². The number of fused-ring (bicyclic) bond motifs is 3. The highest BCUT2D eigenvalue weighted by Crippen LogP contribution is 2.27. The van der Waals surface area contributed by atoms with Gasteiger partial charge in [0.25, 0.3) is 0 Å². The number of nitrogens with zero attached hydrogens (tertiary/aromatic N) is 3. The van der Waals surface area contributed by atoms with Crippen LogP contribution in [0, 0.1) is 6.92 Å². The molecule has 0 saturated carbocycles. The number of carbonyl (C=O) groups excluding carboxylic acids is 1. The zero-order valence-electron chi connectivity index (χ0n) is 13.5. The van der Waals surface area contributed by atoms with Crippen LogP contribution in [0.3, 0.4) is 0 Å². The Morgan fingerprint density at radius 2 is 2.00 bits per heavy atom. The lowest BCUT2D eigenvalue weighted by Gasteiger charge is -2.09. The summed E-state index contributed by atoms with van der Waals surface area (Å²) in [5, 5.41) is 3.16. The number of hydrogen-bond acceptors (Lipinski definition) is 4. The second kappa shape index (κ2) is 5.53. The largest absolute Gasteiger partial charge is 0.360 e. The van der Waals surface area contributed by atoms with E-state index in [0.29, 0.717) is 12.1 Å². The molecule has 5 heteroatoms. The van der Waals surface area contributed by atoms with E-state index in [1.54, 1.807) is 12.4 Å². The summed E-state index contributed by atoms with van der Waals surface area (Å²) < 4.78 is 0. The Hall–Kier alpha value is -3.08. The Labute approximate surface area is 138 Å². The summed E-state index contributed by atoms with van der Waals surface area (Å²) in [7, 11) is 0. The quantitative estimate of drug-likeness (QED) is 0.578. The second-order valence-corrected chi connectivity index (χ2v) is 5.82. The van der Waals surface area contributed by atoms with Gasteiger partial charge in [-0.1, -0.05) is 6.92 Å². The Morgan fingerprint density at radius 1 is 1.12 bits per heavy atom. The molecule has 0 aliphatic heterocycles. The summed E-state index contributed by atoms with van der Waals surface area (Å²) in [6, 6.07) is 5.87. The molecule has 4 rings (SSSR count). The maximum absolute atomic E-state index is 11.8. The van der Waals surface area contributed by atoms with Crippen molar-refractivity contribution in [1.82, 2.24) is 19.9 Å². The summed E-state index contributed by atoms with van der Waals surface area (Å²) in [6.45, 7) is 3.83. The molecule has 0 fully saturated rings. The minimum Gasteiger partial charge on any atom is -0.360 e. The maximum Gasteiger partial charge on any atom is 0.180 e. The van der Waals surface area contributed by atoms with Crippen LogP contribution < -0.4 is 0 Å². The number of aromatic amines is 1. The van der Waals surface area contributed by atoms with Gasteiger partial charge in [0.05, 0.1) is 0 Å². The number of rotatable bonds is 3. The summed E-state index contributed by atoms with van der Waals surface area (Å²) >= 11 is 0. The van der Waals surface area contributed by atoms with E-state index in [4.69, 9.17) is 0 Å². The molecule has 0 bridgehead atoms. The summed E-state index contributed by atoms with van der Waals surface area (Å²) in [5.74, 6) is 0.0578. The molecule has 4 aromatic heterocycles. The van der Waals surface area contributed by atoms with Crippen molar-refractivity contribution >= 4 is 27.6 Å². The van der Waals surface area contributed by atoms with Crippen molar-refractivity contribution in [2.24, 2.45) is 0 Å². The Kier molecular flexibility index (Phi) is 3.34. The molecule has 0 radical (unpaired) electrons. The molecule has 4 aromatic rings. The average Bonchev–Trinajstić information content (AvgIpc) is 3.09. The molecule has 0 aliphatic carbocycles. The molecule has 0 unspecified atom stereocenters. The van der Waals surface area contributed by atoms with Crippen LogP contribution in [0.1, 0.15) is 29.4 Å². The number of aryl methyl sites for hydroxylation is 1. The van der Waals surface area contributed by atoms with Gasteiger partial charge in [0.2, 0.25) is 0 Å². The monoisotopic (exact) mass is 316 g/mol. The van der Waals surface area contributed by atoms with Crippen LogP contribution in [0.25, 0.3) is 33.1 Å². The average molecular weight is 316 g/mol. The number of nitrogens with one attached hydrogen (secondary N) is 1. The Balaban J connectivity index is 1.84. The van der Waals surface area contributed by atoms with Crippen LogP contribution in [-0.4, -0.2) is 25.7 Å². The number of H-pyrrole nitrogens is 1. The minimum absolute atomic E-state index is 0.0578. The molecule has 5 nitrogen and oxygen atoms in total. The van der Waals surface area contributed by atoms with Gasteiger partial charge in [0, 0.05) is 58.6 Å². The van der Waals surface area contributed by atoms with Crippen molar-refractivity contribution in [3.8, 4) is 11.3 Å². The first-order valence-corrected chi connectivity index (χ1v) is 7.89. The van der Waals surface area contributed by atoms with Crippen LogP contribution in [0.2, 0.25) is 0 Å². The van der Waals surface area contributed by atoms with Gasteiger partial charge in [0.15, 0.2) is 11.4 Å². The highest BCUT2D eigenvalue weighted by atomic mass is 16.1. The first-order chi connectivity index (χ1) is 11.7. The number of Topliss-reactive ketones (excluding diaryl/α,β-unsaturated/α-hetero) is 1. The molecule has 0 saturated heterocycles. The second-order valence-electron chi connectivity index (χ2n) is 5.82. The predicted molar refractivity (Wildman–Crippen MR) is 94.0 cm³/mol. The Bertz CT molecular complexity index is 1080. The number of carbonyl (C=O) groups is 1. The predicted octanol–water partition coefficient (Wildman–Crippen LogP) is 4.07. The van der Waals surface area contributed by atoms with E-state index < -0.39 is 0 Å². The fraction of sp³-hybridized carbons (Fsp3) is 0.158. The molecule has 0 amide bonds. The van der Waals surface area contributed by atoms with E-state index in [9.17, 15) is 4.79 Å². The highest BCUT2D eigenvalue weighted by molar-refractivity contribution is 6.04. The fourth-order valence-corrected chi connectivity index (χ4v) is 2.95. The van der Waals surface area contributed by atoms with Crippen LogP contribution >= 0.6 is 0 Å². The molecule has 0 atom stereocenters. The van der Waals surface area contributed by atoms with E-state index in [2.05, 4.69) is 26.0 Å². The van der Waals surface area contributed by atoms with Gasteiger partial charge in [-0.2, -0.15) is 0 Å². The smallest absolute Gasteiger partial charge is 0.180 e. The maximum atomic E-state index is 11.8. The molecular formula is C19H16N4O. The van der Waals surface area contributed by atoms with E-state index in [1.165, 1.54) is 0 Å². The highest BCUT2D eigenvalue weighted by Gasteiger charge is 2.11. The zero-order chi connectivity index (χ0) is 16.7. The zero-order valence-corrected chi connectivity index (χ0v) is 13.5. The lowest BCUT2D eigenvalue weighted by molar-refractivity contribution is 0.0983.